The standard InChI is InChI=1S/C7H7.BrH.Zn/c1-7-5-3-2-4-6-7;;/h3-6H,1H3;1H;. The first-order valence-corrected chi connectivity index (χ1v) is 4.16. The van der Waals surface area contributed by atoms with Gasteiger partial charge in [0, 0.05) is 0 Å². The van der Waals surface area contributed by atoms with Crippen molar-refractivity contribution in [3.05, 3.63) is 29.8 Å². The van der Waals surface area contributed by atoms with E-state index in [0.717, 1.165) is 0 Å². The van der Waals surface area contributed by atoms with E-state index in [9.17, 15) is 0 Å². The summed E-state index contributed by atoms with van der Waals surface area (Å²) < 4.78 is 1.45. The Morgan fingerprint density at radius 3 is 1.89 bits per heavy atom. The van der Waals surface area contributed by atoms with E-state index in [1.807, 2.05) is 0 Å². The van der Waals surface area contributed by atoms with Crippen molar-refractivity contribution in [2.24, 2.45) is 0 Å². The summed E-state index contributed by atoms with van der Waals surface area (Å²) >= 11 is 1.26. The van der Waals surface area contributed by atoms with E-state index < -0.39 is 0 Å². The van der Waals surface area contributed by atoms with Crippen LogP contribution in [0, 0.1) is 6.92 Å². The van der Waals surface area contributed by atoms with Gasteiger partial charge in [-0.25, -0.2) is 0 Å². The maximum absolute atomic E-state index is 2.18. The van der Waals surface area contributed by atoms with Gasteiger partial charge >= 0.3 is 59.2 Å². The fourth-order valence-electron chi connectivity index (χ4n) is 0.588. The molecule has 0 radical (unpaired) electrons. The Hall–Kier alpha value is 0.323. The van der Waals surface area contributed by atoms with E-state index >= 15 is 0 Å². The van der Waals surface area contributed by atoms with Crippen LogP contribution in [0.15, 0.2) is 24.3 Å². The van der Waals surface area contributed by atoms with E-state index in [1.165, 1.54) is 28.0 Å². The molecule has 1 aromatic carbocycles. The minimum absolute atomic E-state index is 0. The first kappa shape index (κ1) is 9.32. The molecule has 0 amide bonds. The molecule has 0 aliphatic carbocycles. The maximum atomic E-state index is 2.18. The zero-order valence-corrected chi connectivity index (χ0v) is 10.1. The molecular formula is C7H8BrZn. The Labute approximate surface area is 76.1 Å². The van der Waals surface area contributed by atoms with Crippen LogP contribution in [0.25, 0.3) is 0 Å². The van der Waals surface area contributed by atoms with Gasteiger partial charge in [-0.2, -0.15) is 0 Å². The molecule has 0 aliphatic heterocycles. The number of benzene rings is 1. The Morgan fingerprint density at radius 2 is 1.56 bits per heavy atom. The summed E-state index contributed by atoms with van der Waals surface area (Å²) in [5, 5.41) is 0. The van der Waals surface area contributed by atoms with Gasteiger partial charge in [0.2, 0.25) is 0 Å². The number of rotatable bonds is 0. The quantitative estimate of drug-likeness (QED) is 0.603. The van der Waals surface area contributed by atoms with Crippen molar-refractivity contribution in [1.82, 2.24) is 0 Å². The Bertz CT molecular complexity index is 148. The average Bonchev–Trinajstić information content (AvgIpc) is 1.77. The molecule has 0 bridgehead atoms. The predicted octanol–water partition coefficient (Wildman–Crippen LogP) is 1.75. The van der Waals surface area contributed by atoms with Gasteiger partial charge in [0.1, 0.15) is 0 Å². The Balaban J connectivity index is 0.000000640. The van der Waals surface area contributed by atoms with Crippen molar-refractivity contribution in [2.45, 2.75) is 6.92 Å². The van der Waals surface area contributed by atoms with Crippen LogP contribution in [0.2, 0.25) is 0 Å². The van der Waals surface area contributed by atoms with Gasteiger partial charge in [-0.15, -0.1) is 17.0 Å². The molecule has 0 saturated carbocycles. The van der Waals surface area contributed by atoms with E-state index in [4.69, 9.17) is 0 Å². The summed E-state index contributed by atoms with van der Waals surface area (Å²) in [6.07, 6.45) is 0. The zero-order chi connectivity index (χ0) is 5.98. The second kappa shape index (κ2) is 4.19. The van der Waals surface area contributed by atoms with Gasteiger partial charge in [-0.05, 0) is 0 Å². The monoisotopic (exact) mass is 235 g/mol. The molecule has 1 rings (SSSR count). The summed E-state index contributed by atoms with van der Waals surface area (Å²) in [5.74, 6) is 0. The third-order valence-electron chi connectivity index (χ3n) is 1.12. The molecule has 0 aromatic heterocycles. The van der Waals surface area contributed by atoms with Gasteiger partial charge in [0.15, 0.2) is 0 Å². The third-order valence-corrected chi connectivity index (χ3v) is 2.11. The summed E-state index contributed by atoms with van der Waals surface area (Å²) in [4.78, 5) is 0. The second-order valence-corrected chi connectivity index (χ2v) is 3.70. The first-order chi connectivity index (χ1) is 3.79. The Kier molecular flexibility index (Phi) is 4.34. The van der Waals surface area contributed by atoms with Gasteiger partial charge in [-0.3, -0.25) is 0 Å². The summed E-state index contributed by atoms with van der Waals surface area (Å²) in [7, 11) is 0. The fraction of sp³-hybridized carbons (Fsp3) is 0.143. The van der Waals surface area contributed by atoms with Crippen LogP contribution in [0.1, 0.15) is 5.56 Å². The molecule has 9 heavy (non-hydrogen) atoms. The van der Waals surface area contributed by atoms with Crippen LogP contribution in [0.4, 0.5) is 0 Å². The predicted molar refractivity (Wildman–Crippen MR) is 41.1 cm³/mol. The number of halogens is 1. The molecule has 0 N–H and O–H groups in total. The van der Waals surface area contributed by atoms with Crippen LogP contribution in [-0.4, -0.2) is 0 Å². The van der Waals surface area contributed by atoms with Crippen LogP contribution < -0.4 is 4.16 Å². The molecular weight excluding hydrogens is 229 g/mol. The zero-order valence-electron chi connectivity index (χ0n) is 5.42. The topological polar surface area (TPSA) is 0 Å². The van der Waals surface area contributed by atoms with E-state index in [1.54, 1.807) is 0 Å². The Morgan fingerprint density at radius 1 is 1.11 bits per heavy atom. The molecule has 0 saturated heterocycles. The molecule has 0 aliphatic rings. The number of hydrogen-bond acceptors (Lipinski definition) is 0. The van der Waals surface area contributed by atoms with Crippen molar-refractivity contribution in [3.8, 4) is 0 Å². The molecule has 0 nitrogen and oxygen atoms in total. The molecule has 2 heteroatoms. The van der Waals surface area contributed by atoms with Gasteiger partial charge in [-0.1, -0.05) is 0 Å². The normalized spacial score (nSPS) is 8.33. The van der Waals surface area contributed by atoms with E-state index in [0.29, 0.717) is 0 Å². The van der Waals surface area contributed by atoms with Crippen molar-refractivity contribution in [3.63, 3.8) is 0 Å². The molecule has 0 fully saturated rings. The fourth-order valence-corrected chi connectivity index (χ4v) is 1.08. The molecule has 0 atom stereocenters. The summed E-state index contributed by atoms with van der Waals surface area (Å²) in [6, 6.07) is 8.66. The van der Waals surface area contributed by atoms with Crippen molar-refractivity contribution in [2.75, 3.05) is 0 Å². The van der Waals surface area contributed by atoms with Crippen LogP contribution in [0.5, 0.6) is 0 Å². The van der Waals surface area contributed by atoms with Gasteiger partial charge in [0.05, 0.1) is 0 Å². The number of hydrogen-bond donors (Lipinski definition) is 0. The van der Waals surface area contributed by atoms with Crippen LogP contribution in [0.3, 0.4) is 0 Å². The van der Waals surface area contributed by atoms with Crippen molar-refractivity contribution >= 4 is 21.1 Å². The first-order valence-electron chi connectivity index (χ1n) is 2.67. The molecule has 0 unspecified atom stereocenters. The second-order valence-electron chi connectivity index (χ2n) is 1.99. The van der Waals surface area contributed by atoms with E-state index in [-0.39, 0.29) is 17.0 Å². The van der Waals surface area contributed by atoms with E-state index in [2.05, 4.69) is 31.2 Å². The average molecular weight is 237 g/mol. The minimum atomic E-state index is 0. The van der Waals surface area contributed by atoms with Crippen molar-refractivity contribution < 1.29 is 18.3 Å². The van der Waals surface area contributed by atoms with Crippen LogP contribution in [-0.2, 0) is 18.3 Å². The molecule has 1 aromatic rings. The summed E-state index contributed by atoms with van der Waals surface area (Å²) in [6.45, 7) is 2.11. The SMILES string of the molecule is Br.Cc1cc[c]([Zn])cc1. The van der Waals surface area contributed by atoms with Gasteiger partial charge in [0.25, 0.3) is 0 Å². The van der Waals surface area contributed by atoms with Gasteiger partial charge < -0.3 is 0 Å². The molecule has 45 valence electrons. The number of aryl methyl sites for hydroxylation is 1. The van der Waals surface area contributed by atoms with Crippen LogP contribution >= 0.6 is 17.0 Å². The molecule has 0 heterocycles. The summed E-state index contributed by atoms with van der Waals surface area (Å²) in [5.41, 5.74) is 1.35. The molecule has 0 spiro atoms. The van der Waals surface area contributed by atoms with Crippen molar-refractivity contribution in [1.29, 1.82) is 0 Å². The third kappa shape index (κ3) is 3.12.